The van der Waals surface area contributed by atoms with E-state index >= 15 is 0 Å². The molecule has 0 radical (unpaired) electrons. The van der Waals surface area contributed by atoms with Gasteiger partial charge in [0.05, 0.1) is 11.6 Å². The summed E-state index contributed by atoms with van der Waals surface area (Å²) in [5, 5.41) is 9.41. The van der Waals surface area contributed by atoms with E-state index in [2.05, 4.69) is 63.3 Å². The second-order valence-electron chi connectivity index (χ2n) is 10.6. The monoisotopic (exact) mass is 506 g/mol. The number of hydrogen-bond acceptors (Lipinski definition) is 4. The number of nitrogens with zero attached hydrogens (tertiary/aromatic N) is 1. The van der Waals surface area contributed by atoms with E-state index in [1.165, 1.54) is 49.0 Å². The average molecular weight is 507 g/mol. The molecule has 3 aliphatic rings. The highest BCUT2D eigenvalue weighted by molar-refractivity contribution is 6.32. The first kappa shape index (κ1) is 24.4. The molecule has 0 unspecified atom stereocenters. The van der Waals surface area contributed by atoms with Crippen LogP contribution in [0.2, 0.25) is 0 Å². The van der Waals surface area contributed by atoms with Crippen molar-refractivity contribution in [2.75, 3.05) is 23.7 Å². The van der Waals surface area contributed by atoms with E-state index in [0.29, 0.717) is 11.1 Å². The summed E-state index contributed by atoms with van der Waals surface area (Å²) in [6, 6.07) is 22.1. The Hall–Kier alpha value is -3.90. The van der Waals surface area contributed by atoms with Crippen molar-refractivity contribution < 1.29 is 9.59 Å². The molecule has 3 aromatic rings. The molecule has 0 spiro atoms. The van der Waals surface area contributed by atoms with Crippen LogP contribution in [0.4, 0.5) is 11.4 Å². The first-order valence-electron chi connectivity index (χ1n) is 13.8. The fourth-order valence-corrected chi connectivity index (χ4v) is 5.86. The molecule has 6 nitrogen and oxygen atoms in total. The molecule has 3 aromatic carbocycles. The van der Waals surface area contributed by atoms with Crippen LogP contribution in [0.25, 0.3) is 5.57 Å². The molecule has 2 aliphatic heterocycles. The number of fused-ring (bicyclic) bond motifs is 2. The largest absolute Gasteiger partial charge is 0.361 e. The van der Waals surface area contributed by atoms with Gasteiger partial charge in [-0.1, -0.05) is 42.8 Å². The fourth-order valence-electron chi connectivity index (χ4n) is 5.86. The summed E-state index contributed by atoms with van der Waals surface area (Å²) in [6.45, 7) is 3.33. The Morgan fingerprint density at radius 3 is 2.63 bits per heavy atom. The lowest BCUT2D eigenvalue weighted by Gasteiger charge is -2.26. The zero-order valence-electron chi connectivity index (χ0n) is 21.6. The van der Waals surface area contributed by atoms with Crippen molar-refractivity contribution in [2.45, 2.75) is 51.1 Å². The van der Waals surface area contributed by atoms with E-state index < -0.39 is 0 Å². The van der Waals surface area contributed by atoms with E-state index in [1.807, 2.05) is 18.2 Å². The predicted molar refractivity (Wildman–Crippen MR) is 152 cm³/mol. The first-order chi connectivity index (χ1) is 18.6. The van der Waals surface area contributed by atoms with Crippen molar-refractivity contribution >= 4 is 28.8 Å². The first-order valence-corrected chi connectivity index (χ1v) is 13.8. The summed E-state index contributed by atoms with van der Waals surface area (Å²) in [5.41, 5.74) is 7.27. The third kappa shape index (κ3) is 5.22. The van der Waals surface area contributed by atoms with Gasteiger partial charge in [-0.3, -0.25) is 14.5 Å². The molecular formula is C32H34N4O2. The third-order valence-corrected chi connectivity index (χ3v) is 7.93. The maximum Gasteiger partial charge on any atom is 0.257 e. The van der Waals surface area contributed by atoms with Crippen molar-refractivity contribution in [3.05, 3.63) is 101 Å². The second-order valence-corrected chi connectivity index (χ2v) is 10.6. The predicted octanol–water partition coefficient (Wildman–Crippen LogP) is 5.89. The molecule has 2 amide bonds. The van der Waals surface area contributed by atoms with Crippen molar-refractivity contribution in [1.82, 2.24) is 10.2 Å². The highest BCUT2D eigenvalue weighted by Crippen LogP contribution is 2.34. The summed E-state index contributed by atoms with van der Waals surface area (Å²) < 4.78 is 0. The van der Waals surface area contributed by atoms with Gasteiger partial charge in [0, 0.05) is 35.2 Å². The van der Waals surface area contributed by atoms with Crippen LogP contribution in [0.5, 0.6) is 0 Å². The maximum absolute atomic E-state index is 13.2. The van der Waals surface area contributed by atoms with Gasteiger partial charge < -0.3 is 16.0 Å². The van der Waals surface area contributed by atoms with E-state index in [4.69, 9.17) is 0 Å². The minimum Gasteiger partial charge on any atom is -0.361 e. The zero-order chi connectivity index (χ0) is 25.9. The van der Waals surface area contributed by atoms with E-state index in [-0.39, 0.29) is 17.9 Å². The number of anilines is 2. The van der Waals surface area contributed by atoms with Gasteiger partial charge in [-0.15, -0.1) is 0 Å². The van der Waals surface area contributed by atoms with Crippen molar-refractivity contribution in [3.8, 4) is 0 Å². The average Bonchev–Trinajstić information content (AvgIpc) is 3.27. The lowest BCUT2D eigenvalue weighted by Crippen LogP contribution is -2.31. The van der Waals surface area contributed by atoms with Crippen molar-refractivity contribution in [2.24, 2.45) is 0 Å². The molecule has 3 N–H and O–H groups in total. The number of amides is 2. The number of rotatable bonds is 6. The SMILES string of the molecule is O=C1Nc2ccc(C(=O)N[C@H]3CCCc4ccccc43)cc2C1=CNc1ccc(CN2CCCCC2)cc1. The number of likely N-dealkylation sites (tertiary alicyclic amines) is 1. The Bertz CT molecular complexity index is 1370. The van der Waals surface area contributed by atoms with Gasteiger partial charge in [-0.2, -0.15) is 0 Å². The molecular weight excluding hydrogens is 472 g/mol. The van der Waals surface area contributed by atoms with Crippen LogP contribution in [-0.2, 0) is 17.8 Å². The summed E-state index contributed by atoms with van der Waals surface area (Å²) in [5.74, 6) is -0.293. The molecule has 1 saturated heterocycles. The maximum atomic E-state index is 13.2. The van der Waals surface area contributed by atoms with Crippen molar-refractivity contribution in [1.29, 1.82) is 0 Å². The van der Waals surface area contributed by atoms with Crippen LogP contribution in [0.1, 0.15) is 70.8 Å². The Labute approximate surface area is 224 Å². The molecule has 1 fully saturated rings. The van der Waals surface area contributed by atoms with E-state index in [9.17, 15) is 9.59 Å². The lowest BCUT2D eigenvalue weighted by atomic mass is 9.87. The van der Waals surface area contributed by atoms with Crippen LogP contribution < -0.4 is 16.0 Å². The van der Waals surface area contributed by atoms with Gasteiger partial charge in [0.2, 0.25) is 0 Å². The summed E-state index contributed by atoms with van der Waals surface area (Å²) in [7, 11) is 0. The number of carbonyl (C=O) groups is 2. The smallest absolute Gasteiger partial charge is 0.257 e. The Balaban J connectivity index is 1.15. The Morgan fingerprint density at radius 1 is 0.974 bits per heavy atom. The normalized spacial score (nSPS) is 19.9. The van der Waals surface area contributed by atoms with Crippen molar-refractivity contribution in [3.63, 3.8) is 0 Å². The highest BCUT2D eigenvalue weighted by atomic mass is 16.2. The number of piperidine rings is 1. The number of aryl methyl sites for hydroxylation is 1. The molecule has 0 aromatic heterocycles. The molecule has 38 heavy (non-hydrogen) atoms. The molecule has 2 heterocycles. The Morgan fingerprint density at radius 2 is 1.79 bits per heavy atom. The minimum absolute atomic E-state index is 0.00928. The van der Waals surface area contributed by atoms with Crippen LogP contribution >= 0.6 is 0 Å². The topological polar surface area (TPSA) is 73.5 Å². The van der Waals surface area contributed by atoms with E-state index in [0.717, 1.165) is 42.7 Å². The summed E-state index contributed by atoms with van der Waals surface area (Å²) >= 11 is 0. The van der Waals surface area contributed by atoms with Gasteiger partial charge in [0.15, 0.2) is 0 Å². The van der Waals surface area contributed by atoms with Gasteiger partial charge in [0.25, 0.3) is 11.8 Å². The number of carbonyl (C=O) groups excluding carboxylic acids is 2. The number of hydrogen-bond donors (Lipinski definition) is 3. The van der Waals surface area contributed by atoms with Gasteiger partial charge >= 0.3 is 0 Å². The molecule has 6 rings (SSSR count). The fraction of sp³-hybridized carbons (Fsp3) is 0.312. The molecule has 6 heteroatoms. The third-order valence-electron chi connectivity index (χ3n) is 7.93. The van der Waals surface area contributed by atoms with Crippen LogP contribution in [0.15, 0.2) is 72.9 Å². The molecule has 1 aliphatic carbocycles. The molecule has 194 valence electrons. The highest BCUT2D eigenvalue weighted by Gasteiger charge is 2.27. The van der Waals surface area contributed by atoms with Crippen LogP contribution in [0, 0.1) is 0 Å². The lowest BCUT2D eigenvalue weighted by molar-refractivity contribution is -0.110. The van der Waals surface area contributed by atoms with E-state index in [1.54, 1.807) is 12.3 Å². The number of nitrogens with one attached hydrogen (secondary N) is 3. The summed E-state index contributed by atoms with van der Waals surface area (Å²) in [4.78, 5) is 28.5. The quantitative estimate of drug-likeness (QED) is 0.365. The second kappa shape index (κ2) is 10.8. The van der Waals surface area contributed by atoms with Gasteiger partial charge in [0.1, 0.15) is 0 Å². The number of benzene rings is 3. The molecule has 0 bridgehead atoms. The molecule has 1 atom stereocenters. The van der Waals surface area contributed by atoms with Gasteiger partial charge in [-0.25, -0.2) is 0 Å². The zero-order valence-corrected chi connectivity index (χ0v) is 21.6. The molecule has 0 saturated carbocycles. The van der Waals surface area contributed by atoms with Gasteiger partial charge in [-0.05, 0) is 92.2 Å². The Kier molecular flexibility index (Phi) is 6.97. The van der Waals surface area contributed by atoms with Crippen LogP contribution in [-0.4, -0.2) is 29.8 Å². The standard InChI is InChI=1S/C32H34N4O2/c37-31(34-29-10-6-8-23-7-2-3-9-26(23)29)24-13-16-30-27(19-24)28(32(38)35-30)20-33-25-14-11-22(12-15-25)21-36-17-4-1-5-18-36/h2-3,7,9,11-16,19-20,29,33H,1,4-6,8,10,17-18,21H2,(H,34,37)(H,35,38)/t29-/m0/s1. The minimum atomic E-state index is -0.173. The summed E-state index contributed by atoms with van der Waals surface area (Å²) in [6.07, 6.45) is 8.69. The van der Waals surface area contributed by atoms with Crippen LogP contribution in [0.3, 0.4) is 0 Å².